The van der Waals surface area contributed by atoms with Crippen LogP contribution >= 0.6 is 0 Å². The Morgan fingerprint density at radius 3 is 2.43 bits per heavy atom. The SMILES string of the molecule is COc1cc(C2Oc3c(O)cc(CCCO)cc3C2CO)ccc1O[C@@H]1O[C@H](C)[C@@H](O)[C@@H](O)[C@H]1O. The van der Waals surface area contributed by atoms with E-state index in [1.54, 1.807) is 31.2 Å². The van der Waals surface area contributed by atoms with E-state index in [2.05, 4.69) is 0 Å². The number of ether oxygens (including phenoxy) is 4. The van der Waals surface area contributed by atoms with Crippen molar-refractivity contribution >= 4 is 0 Å². The van der Waals surface area contributed by atoms with Gasteiger partial charge < -0.3 is 49.6 Å². The summed E-state index contributed by atoms with van der Waals surface area (Å²) in [6, 6.07) is 8.46. The van der Waals surface area contributed by atoms with E-state index in [9.17, 15) is 25.5 Å². The van der Waals surface area contributed by atoms with Crippen LogP contribution in [-0.2, 0) is 11.2 Å². The predicted molar refractivity (Wildman–Crippen MR) is 123 cm³/mol. The van der Waals surface area contributed by atoms with Crippen LogP contribution in [0.5, 0.6) is 23.0 Å². The molecule has 2 aliphatic heterocycles. The third-order valence-electron chi connectivity index (χ3n) is 6.56. The second kappa shape index (κ2) is 10.6. The number of phenolic OH excluding ortho intramolecular Hbond substituents is 1. The van der Waals surface area contributed by atoms with Crippen molar-refractivity contribution in [2.24, 2.45) is 0 Å². The third kappa shape index (κ3) is 4.90. The molecular weight excluding hydrogens is 460 g/mol. The van der Waals surface area contributed by atoms with Crippen molar-refractivity contribution in [1.29, 1.82) is 0 Å². The molecule has 7 atom stereocenters. The second-order valence-electron chi connectivity index (χ2n) is 8.90. The molecule has 4 rings (SSSR count). The zero-order valence-electron chi connectivity index (χ0n) is 19.6. The lowest BCUT2D eigenvalue weighted by atomic mass is 9.90. The molecule has 35 heavy (non-hydrogen) atoms. The summed E-state index contributed by atoms with van der Waals surface area (Å²) in [6.07, 6.45) is -5.60. The van der Waals surface area contributed by atoms with Crippen molar-refractivity contribution < 1.29 is 49.6 Å². The lowest BCUT2D eigenvalue weighted by Gasteiger charge is -2.39. The Balaban J connectivity index is 1.58. The first-order valence-electron chi connectivity index (χ1n) is 11.6. The van der Waals surface area contributed by atoms with Gasteiger partial charge in [0.25, 0.3) is 0 Å². The van der Waals surface area contributed by atoms with Crippen LogP contribution < -0.4 is 14.2 Å². The Labute approximate surface area is 202 Å². The molecule has 2 unspecified atom stereocenters. The molecular formula is C25H32O10. The normalized spacial score (nSPS) is 30.0. The maximum atomic E-state index is 10.5. The third-order valence-corrected chi connectivity index (χ3v) is 6.56. The van der Waals surface area contributed by atoms with E-state index in [4.69, 9.17) is 24.1 Å². The summed E-state index contributed by atoms with van der Waals surface area (Å²) < 4.78 is 22.8. The Morgan fingerprint density at radius 1 is 0.971 bits per heavy atom. The molecule has 0 aliphatic carbocycles. The first-order chi connectivity index (χ1) is 16.8. The molecule has 10 heteroatoms. The summed E-state index contributed by atoms with van der Waals surface area (Å²) in [5.41, 5.74) is 2.19. The van der Waals surface area contributed by atoms with Crippen LogP contribution in [0.4, 0.5) is 0 Å². The molecule has 0 amide bonds. The van der Waals surface area contributed by atoms with Gasteiger partial charge in [-0.2, -0.15) is 0 Å². The summed E-state index contributed by atoms with van der Waals surface area (Å²) in [6.45, 7) is 1.38. The molecule has 0 spiro atoms. The van der Waals surface area contributed by atoms with Crippen LogP contribution in [0.25, 0.3) is 0 Å². The van der Waals surface area contributed by atoms with Crippen LogP contribution in [0, 0.1) is 0 Å². The van der Waals surface area contributed by atoms with Gasteiger partial charge in [-0.05, 0) is 49.1 Å². The van der Waals surface area contributed by atoms with Gasteiger partial charge in [-0.15, -0.1) is 0 Å². The molecule has 6 N–H and O–H groups in total. The first-order valence-corrected chi connectivity index (χ1v) is 11.6. The molecule has 2 aromatic carbocycles. The molecule has 0 saturated carbocycles. The molecule has 0 bridgehead atoms. The van der Waals surface area contributed by atoms with Gasteiger partial charge in [0, 0.05) is 12.2 Å². The quantitative estimate of drug-likeness (QED) is 0.310. The van der Waals surface area contributed by atoms with Crippen LogP contribution in [-0.4, -0.2) is 81.7 Å². The zero-order chi connectivity index (χ0) is 25.3. The minimum atomic E-state index is -1.47. The van der Waals surface area contributed by atoms with E-state index >= 15 is 0 Å². The number of aryl methyl sites for hydroxylation is 1. The van der Waals surface area contributed by atoms with E-state index < -0.39 is 42.7 Å². The van der Waals surface area contributed by atoms with Gasteiger partial charge >= 0.3 is 0 Å². The van der Waals surface area contributed by atoms with Crippen LogP contribution in [0.15, 0.2) is 30.3 Å². The first kappa shape index (κ1) is 25.5. The highest BCUT2D eigenvalue weighted by Gasteiger charge is 2.43. The van der Waals surface area contributed by atoms with Gasteiger partial charge in [0.1, 0.15) is 24.4 Å². The molecule has 192 valence electrons. The number of aromatic hydroxyl groups is 1. The number of aliphatic hydroxyl groups excluding tert-OH is 5. The van der Waals surface area contributed by atoms with Crippen molar-refractivity contribution in [1.82, 2.24) is 0 Å². The summed E-state index contributed by atoms with van der Waals surface area (Å²) in [7, 11) is 1.44. The monoisotopic (exact) mass is 492 g/mol. The number of methoxy groups -OCH3 is 1. The number of phenols is 1. The summed E-state index contributed by atoms with van der Waals surface area (Å²) in [5.74, 6) is 0.377. The summed E-state index contributed by atoms with van der Waals surface area (Å²) in [5, 5.41) is 60.0. The lowest BCUT2D eigenvalue weighted by molar-refractivity contribution is -0.268. The van der Waals surface area contributed by atoms with Crippen molar-refractivity contribution in [2.45, 2.75) is 62.5 Å². The largest absolute Gasteiger partial charge is 0.504 e. The number of rotatable bonds is 8. The number of benzene rings is 2. The highest BCUT2D eigenvalue weighted by molar-refractivity contribution is 5.55. The van der Waals surface area contributed by atoms with Gasteiger partial charge in [0.2, 0.25) is 6.29 Å². The summed E-state index contributed by atoms with van der Waals surface area (Å²) >= 11 is 0. The number of hydrogen-bond acceptors (Lipinski definition) is 10. The maximum Gasteiger partial charge on any atom is 0.229 e. The lowest BCUT2D eigenvalue weighted by Crippen LogP contribution is -2.58. The topological polar surface area (TPSA) is 158 Å². The Kier molecular flexibility index (Phi) is 7.70. The zero-order valence-corrected chi connectivity index (χ0v) is 19.6. The Hall–Kier alpha value is -2.60. The molecule has 1 fully saturated rings. The highest BCUT2D eigenvalue weighted by atomic mass is 16.7. The van der Waals surface area contributed by atoms with Crippen molar-refractivity contribution in [2.75, 3.05) is 20.3 Å². The van der Waals surface area contributed by atoms with Crippen LogP contribution in [0.3, 0.4) is 0 Å². The fourth-order valence-electron chi connectivity index (χ4n) is 4.59. The molecule has 1 saturated heterocycles. The van der Waals surface area contributed by atoms with E-state index in [1.165, 1.54) is 7.11 Å². The van der Waals surface area contributed by atoms with Gasteiger partial charge in [-0.1, -0.05) is 12.1 Å². The standard InChI is InChI=1S/C25H32O10/c1-12-20(29)21(30)22(31)25(33-12)34-18-6-5-14(10-19(18)32-2)23-16(11-27)15-8-13(4-3-7-26)9-17(28)24(15)35-23/h5-6,8-10,12,16,20-23,25-31H,3-4,7,11H2,1-2H3/t12-,16?,20-,21-,22-,23?,25+/m1/s1. The number of hydrogen-bond donors (Lipinski definition) is 6. The molecule has 10 nitrogen and oxygen atoms in total. The van der Waals surface area contributed by atoms with E-state index in [0.29, 0.717) is 35.5 Å². The molecule has 0 radical (unpaired) electrons. The van der Waals surface area contributed by atoms with E-state index in [-0.39, 0.29) is 24.7 Å². The molecule has 0 aromatic heterocycles. The van der Waals surface area contributed by atoms with Crippen LogP contribution in [0.1, 0.15) is 42.1 Å². The number of aliphatic hydroxyl groups is 5. The van der Waals surface area contributed by atoms with Crippen molar-refractivity contribution in [3.8, 4) is 23.0 Å². The average molecular weight is 493 g/mol. The minimum Gasteiger partial charge on any atom is -0.504 e. The fraction of sp³-hybridized carbons (Fsp3) is 0.520. The van der Waals surface area contributed by atoms with Crippen molar-refractivity contribution in [3.63, 3.8) is 0 Å². The van der Waals surface area contributed by atoms with E-state index in [0.717, 1.165) is 5.56 Å². The van der Waals surface area contributed by atoms with E-state index in [1.807, 2.05) is 6.07 Å². The smallest absolute Gasteiger partial charge is 0.229 e. The van der Waals surface area contributed by atoms with Crippen LogP contribution in [0.2, 0.25) is 0 Å². The van der Waals surface area contributed by atoms with Gasteiger partial charge in [0.05, 0.1) is 25.7 Å². The molecule has 2 aliphatic rings. The Morgan fingerprint density at radius 2 is 1.74 bits per heavy atom. The fourth-order valence-corrected chi connectivity index (χ4v) is 4.59. The second-order valence-corrected chi connectivity index (χ2v) is 8.90. The minimum absolute atomic E-state index is 0.0263. The average Bonchev–Trinajstić information content (AvgIpc) is 3.24. The number of fused-ring (bicyclic) bond motifs is 1. The predicted octanol–water partition coefficient (Wildman–Crippen LogP) is 0.742. The Bertz CT molecular complexity index is 1030. The molecule has 2 aromatic rings. The van der Waals surface area contributed by atoms with Crippen molar-refractivity contribution in [3.05, 3.63) is 47.0 Å². The van der Waals surface area contributed by atoms with Gasteiger partial charge in [-0.25, -0.2) is 0 Å². The maximum absolute atomic E-state index is 10.5. The highest BCUT2D eigenvalue weighted by Crippen LogP contribution is 2.51. The summed E-state index contributed by atoms with van der Waals surface area (Å²) in [4.78, 5) is 0. The van der Waals surface area contributed by atoms with Gasteiger partial charge in [0.15, 0.2) is 23.0 Å². The molecule has 2 heterocycles. The van der Waals surface area contributed by atoms with Gasteiger partial charge in [-0.3, -0.25) is 0 Å².